The van der Waals surface area contributed by atoms with E-state index in [0.717, 1.165) is 34.3 Å². The maximum Gasteiger partial charge on any atom is 0.270 e. The largest absolute Gasteiger partial charge is 0.457 e. The molecule has 4 aromatic rings. The first-order valence-electron chi connectivity index (χ1n) is 11.1. The van der Waals surface area contributed by atoms with Gasteiger partial charge in [0.05, 0.1) is 17.2 Å². The number of benzodiazepines with no additional fused rings is 1. The lowest BCUT2D eigenvalue weighted by molar-refractivity contribution is -0.384. The standard InChI is InChI=1S/C28H23N3O3.2ClH/c1-30-17-16-29-26(25-8-4-5-9-27(25)30)14-11-22-18-23(31(32)33)12-15-28(22)34-24-13-10-20-6-2-3-7-21(20)19-24;;/h2-15,18-19H,16-17H2,1H3;2*1H. The predicted molar refractivity (Wildman–Crippen MR) is 152 cm³/mol. The van der Waals surface area contributed by atoms with Crippen LogP contribution in [0.3, 0.4) is 0 Å². The number of non-ortho nitro benzene ring substituents is 1. The fourth-order valence-electron chi connectivity index (χ4n) is 4.09. The Kier molecular flexibility index (Phi) is 8.69. The molecule has 1 aliphatic heterocycles. The number of nitro groups is 1. The summed E-state index contributed by atoms with van der Waals surface area (Å²) in [6, 6.07) is 26.7. The van der Waals surface area contributed by atoms with Gasteiger partial charge in [-0.3, -0.25) is 15.1 Å². The van der Waals surface area contributed by atoms with Gasteiger partial charge in [0, 0.05) is 42.5 Å². The van der Waals surface area contributed by atoms with Crippen molar-refractivity contribution in [3.8, 4) is 11.5 Å². The monoisotopic (exact) mass is 521 g/mol. The number of anilines is 1. The molecular weight excluding hydrogens is 497 g/mol. The van der Waals surface area contributed by atoms with Crippen LogP contribution in [0.15, 0.2) is 96.0 Å². The molecule has 8 heteroatoms. The number of para-hydroxylation sites is 1. The van der Waals surface area contributed by atoms with Crippen molar-refractivity contribution in [1.29, 1.82) is 0 Å². The number of nitrogens with zero attached hydrogens (tertiary/aromatic N) is 3. The molecule has 0 aromatic heterocycles. The Morgan fingerprint density at radius 3 is 2.47 bits per heavy atom. The molecule has 0 atom stereocenters. The number of likely N-dealkylation sites (N-methyl/N-ethyl adjacent to an activating group) is 1. The molecule has 0 saturated heterocycles. The third-order valence-electron chi connectivity index (χ3n) is 5.88. The van der Waals surface area contributed by atoms with Crippen molar-refractivity contribution in [2.75, 3.05) is 25.0 Å². The lowest BCUT2D eigenvalue weighted by atomic mass is 10.0. The molecular formula is C28H25Cl2N3O3. The molecule has 0 fully saturated rings. The first-order chi connectivity index (χ1) is 16.6. The maximum absolute atomic E-state index is 11.4. The zero-order valence-electron chi connectivity index (χ0n) is 19.5. The number of hydrogen-bond donors (Lipinski definition) is 0. The molecule has 4 aromatic carbocycles. The first-order valence-corrected chi connectivity index (χ1v) is 11.1. The third-order valence-corrected chi connectivity index (χ3v) is 5.88. The summed E-state index contributed by atoms with van der Waals surface area (Å²) in [5.74, 6) is 1.21. The van der Waals surface area contributed by atoms with Crippen LogP contribution in [0.1, 0.15) is 11.1 Å². The van der Waals surface area contributed by atoms with Crippen LogP contribution in [0, 0.1) is 10.1 Å². The van der Waals surface area contributed by atoms with E-state index < -0.39 is 4.92 Å². The van der Waals surface area contributed by atoms with E-state index in [9.17, 15) is 10.1 Å². The summed E-state index contributed by atoms with van der Waals surface area (Å²) < 4.78 is 6.18. The maximum atomic E-state index is 11.4. The number of ether oxygens (including phenoxy) is 1. The van der Waals surface area contributed by atoms with Gasteiger partial charge in [-0.2, -0.15) is 0 Å². The van der Waals surface area contributed by atoms with Crippen LogP contribution in [0.25, 0.3) is 16.8 Å². The van der Waals surface area contributed by atoms with E-state index in [1.165, 1.54) is 12.1 Å². The normalized spacial score (nSPS) is 12.7. The Labute approximate surface area is 221 Å². The lowest BCUT2D eigenvalue weighted by Gasteiger charge is -2.18. The smallest absolute Gasteiger partial charge is 0.270 e. The Hall–Kier alpha value is -3.87. The Bertz CT molecular complexity index is 1450. The molecule has 1 aliphatic rings. The number of fused-ring (bicyclic) bond motifs is 2. The van der Waals surface area contributed by atoms with Gasteiger partial charge in [-0.05, 0) is 47.2 Å². The van der Waals surface area contributed by atoms with Crippen molar-refractivity contribution < 1.29 is 9.66 Å². The number of halogens is 2. The van der Waals surface area contributed by atoms with E-state index in [0.29, 0.717) is 23.6 Å². The third kappa shape index (κ3) is 5.67. The van der Waals surface area contributed by atoms with E-state index in [1.807, 2.05) is 72.8 Å². The van der Waals surface area contributed by atoms with Gasteiger partial charge in [0.1, 0.15) is 11.5 Å². The minimum atomic E-state index is -0.398. The van der Waals surface area contributed by atoms with Crippen LogP contribution in [0.4, 0.5) is 11.4 Å². The second-order valence-corrected chi connectivity index (χ2v) is 8.13. The summed E-state index contributed by atoms with van der Waals surface area (Å²) in [4.78, 5) is 18.0. The summed E-state index contributed by atoms with van der Waals surface area (Å²) in [5, 5.41) is 13.6. The average Bonchev–Trinajstić information content (AvgIpc) is 3.02. The number of benzene rings is 4. The number of nitro benzene ring substituents is 1. The quantitative estimate of drug-likeness (QED) is 0.203. The van der Waals surface area contributed by atoms with Crippen molar-refractivity contribution >= 4 is 58.7 Å². The summed E-state index contributed by atoms with van der Waals surface area (Å²) in [5.41, 5.74) is 3.59. The van der Waals surface area contributed by atoms with Crippen LogP contribution >= 0.6 is 24.8 Å². The number of hydrogen-bond acceptors (Lipinski definition) is 5. The lowest BCUT2D eigenvalue weighted by Crippen LogP contribution is -2.20. The Morgan fingerprint density at radius 2 is 1.67 bits per heavy atom. The molecule has 5 rings (SSSR count). The highest BCUT2D eigenvalue weighted by Gasteiger charge is 2.15. The Morgan fingerprint density at radius 1 is 0.917 bits per heavy atom. The van der Waals surface area contributed by atoms with Gasteiger partial charge in [-0.1, -0.05) is 48.5 Å². The number of aliphatic imine (C=N–C) groups is 1. The van der Waals surface area contributed by atoms with Crippen LogP contribution in [-0.2, 0) is 0 Å². The fraction of sp³-hybridized carbons (Fsp3) is 0.107. The average molecular weight is 522 g/mol. The summed E-state index contributed by atoms with van der Waals surface area (Å²) in [7, 11) is 2.05. The fourth-order valence-corrected chi connectivity index (χ4v) is 4.09. The molecule has 0 amide bonds. The van der Waals surface area contributed by atoms with Gasteiger partial charge in [0.2, 0.25) is 0 Å². The highest BCUT2D eigenvalue weighted by molar-refractivity contribution is 6.14. The summed E-state index contributed by atoms with van der Waals surface area (Å²) in [6.45, 7) is 1.49. The second kappa shape index (κ2) is 11.7. The number of allylic oxidation sites excluding steroid dienone is 1. The van der Waals surface area contributed by atoms with Crippen LogP contribution in [0.5, 0.6) is 11.5 Å². The van der Waals surface area contributed by atoms with Crippen molar-refractivity contribution in [1.82, 2.24) is 0 Å². The molecule has 0 spiro atoms. The van der Waals surface area contributed by atoms with Crippen LogP contribution in [-0.4, -0.2) is 30.8 Å². The minimum Gasteiger partial charge on any atom is -0.457 e. The predicted octanol–water partition coefficient (Wildman–Crippen LogP) is 7.34. The summed E-state index contributed by atoms with van der Waals surface area (Å²) in [6.07, 6.45) is 3.74. The van der Waals surface area contributed by atoms with E-state index in [2.05, 4.69) is 18.0 Å². The van der Waals surface area contributed by atoms with Gasteiger partial charge in [-0.25, -0.2) is 0 Å². The van der Waals surface area contributed by atoms with Crippen molar-refractivity contribution in [3.05, 3.63) is 112 Å². The molecule has 0 aliphatic carbocycles. The van der Waals surface area contributed by atoms with Gasteiger partial charge in [-0.15, -0.1) is 24.8 Å². The van der Waals surface area contributed by atoms with Gasteiger partial charge in [0.25, 0.3) is 5.69 Å². The highest BCUT2D eigenvalue weighted by Crippen LogP contribution is 2.32. The Balaban J connectivity index is 0.00000180. The van der Waals surface area contributed by atoms with E-state index in [-0.39, 0.29) is 30.5 Å². The van der Waals surface area contributed by atoms with Gasteiger partial charge >= 0.3 is 0 Å². The SMILES string of the molecule is CN1CCN=C(C=Cc2cc([N+](=O)[O-])ccc2Oc2ccc3ccccc3c2)c2ccccc21.Cl.Cl. The summed E-state index contributed by atoms with van der Waals surface area (Å²) >= 11 is 0. The molecule has 1 heterocycles. The van der Waals surface area contributed by atoms with Crippen LogP contribution in [0.2, 0.25) is 0 Å². The molecule has 6 nitrogen and oxygen atoms in total. The van der Waals surface area contributed by atoms with E-state index >= 15 is 0 Å². The van der Waals surface area contributed by atoms with Gasteiger partial charge in [0.15, 0.2) is 0 Å². The highest BCUT2D eigenvalue weighted by atomic mass is 35.5. The zero-order valence-corrected chi connectivity index (χ0v) is 21.2. The van der Waals surface area contributed by atoms with Crippen LogP contribution < -0.4 is 9.64 Å². The molecule has 0 saturated carbocycles. The van der Waals surface area contributed by atoms with Crippen molar-refractivity contribution in [2.45, 2.75) is 0 Å². The van der Waals surface area contributed by atoms with Crippen molar-refractivity contribution in [2.24, 2.45) is 4.99 Å². The molecule has 0 bridgehead atoms. The first kappa shape index (κ1) is 26.7. The van der Waals surface area contributed by atoms with Crippen molar-refractivity contribution in [3.63, 3.8) is 0 Å². The molecule has 36 heavy (non-hydrogen) atoms. The molecule has 184 valence electrons. The second-order valence-electron chi connectivity index (χ2n) is 8.13. The topological polar surface area (TPSA) is 68.0 Å². The van der Waals surface area contributed by atoms with E-state index in [1.54, 1.807) is 6.07 Å². The molecule has 0 N–H and O–H groups in total. The molecule has 0 radical (unpaired) electrons. The number of rotatable bonds is 5. The minimum absolute atomic E-state index is 0. The molecule has 0 unspecified atom stereocenters. The zero-order chi connectivity index (χ0) is 23.5. The van der Waals surface area contributed by atoms with Gasteiger partial charge < -0.3 is 9.64 Å². The van der Waals surface area contributed by atoms with E-state index in [4.69, 9.17) is 9.73 Å².